The number of methoxy groups -OCH3 is 1. The van der Waals surface area contributed by atoms with Gasteiger partial charge in [0.05, 0.1) is 12.7 Å². The number of nitrogens with zero attached hydrogens (tertiary/aromatic N) is 1. The van der Waals surface area contributed by atoms with Crippen LogP contribution in [0.15, 0.2) is 18.2 Å². The number of carbonyl (C=O) groups is 1. The van der Waals surface area contributed by atoms with Crippen LogP contribution in [-0.2, 0) is 17.6 Å². The lowest BCUT2D eigenvalue weighted by atomic mass is 9.90. The summed E-state index contributed by atoms with van der Waals surface area (Å²) in [6.07, 6.45) is 3.97. The first-order valence-corrected chi connectivity index (χ1v) is 7.16. The Hall–Kier alpha value is -1.39. The number of likely N-dealkylation sites (N-methyl/N-ethyl adjacent to an activating group) is 1. The Bertz CT molecular complexity index is 473. The first kappa shape index (κ1) is 15.0. The van der Waals surface area contributed by atoms with E-state index in [0.717, 1.165) is 12.8 Å². The molecule has 0 spiro atoms. The monoisotopic (exact) mass is 277 g/mol. The summed E-state index contributed by atoms with van der Waals surface area (Å²) < 4.78 is 4.88. The van der Waals surface area contributed by atoms with Gasteiger partial charge >= 0.3 is 0 Å². The Morgan fingerprint density at radius 3 is 2.75 bits per heavy atom. The second-order valence-electron chi connectivity index (χ2n) is 5.49. The van der Waals surface area contributed by atoms with Crippen LogP contribution in [0, 0.1) is 0 Å². The summed E-state index contributed by atoms with van der Waals surface area (Å²) in [6.45, 7) is 0.519. The van der Waals surface area contributed by atoms with Crippen LogP contribution in [-0.4, -0.2) is 49.3 Å². The maximum atomic E-state index is 12.3. The molecular weight excluding hydrogens is 254 g/mol. The number of amides is 1. The standard InChI is InChI=1S/C16H23NO3/c1-17(10-15(18)11-20-2)16(19)14-8-7-12-5-3-4-6-13(12)9-14/h7-9,15,18H,3-6,10-11H2,1-2H3. The number of hydrogen-bond donors (Lipinski definition) is 1. The topological polar surface area (TPSA) is 49.8 Å². The van der Waals surface area contributed by atoms with Gasteiger partial charge in [0, 0.05) is 26.3 Å². The molecule has 1 aromatic rings. The van der Waals surface area contributed by atoms with E-state index < -0.39 is 6.10 Å². The van der Waals surface area contributed by atoms with Crippen molar-refractivity contribution in [3.63, 3.8) is 0 Å². The first-order valence-electron chi connectivity index (χ1n) is 7.16. The molecule has 0 bridgehead atoms. The molecule has 1 unspecified atom stereocenters. The molecule has 1 atom stereocenters. The van der Waals surface area contributed by atoms with E-state index in [4.69, 9.17) is 4.74 Å². The number of carbonyl (C=O) groups excluding carboxylic acids is 1. The van der Waals surface area contributed by atoms with Crippen molar-refractivity contribution in [3.8, 4) is 0 Å². The van der Waals surface area contributed by atoms with Gasteiger partial charge in [0.25, 0.3) is 5.91 Å². The van der Waals surface area contributed by atoms with Gasteiger partial charge < -0.3 is 14.7 Å². The summed E-state index contributed by atoms with van der Waals surface area (Å²) in [7, 11) is 3.25. The minimum atomic E-state index is -0.647. The first-order chi connectivity index (χ1) is 9.61. The van der Waals surface area contributed by atoms with Crippen molar-refractivity contribution >= 4 is 5.91 Å². The molecule has 1 N–H and O–H groups in total. The maximum Gasteiger partial charge on any atom is 0.253 e. The van der Waals surface area contributed by atoms with Crippen LogP contribution in [0.25, 0.3) is 0 Å². The van der Waals surface area contributed by atoms with Crippen molar-refractivity contribution in [1.29, 1.82) is 0 Å². The molecule has 1 aliphatic rings. The summed E-state index contributed by atoms with van der Waals surface area (Å²) >= 11 is 0. The van der Waals surface area contributed by atoms with Gasteiger partial charge in [-0.15, -0.1) is 0 Å². The van der Waals surface area contributed by atoms with E-state index >= 15 is 0 Å². The van der Waals surface area contributed by atoms with Gasteiger partial charge in [0.2, 0.25) is 0 Å². The van der Waals surface area contributed by atoms with Gasteiger partial charge in [-0.1, -0.05) is 6.07 Å². The highest BCUT2D eigenvalue weighted by Gasteiger charge is 2.17. The number of aryl methyl sites for hydroxylation is 2. The molecule has 0 fully saturated rings. The number of aliphatic hydroxyl groups excluding tert-OH is 1. The van der Waals surface area contributed by atoms with Crippen molar-refractivity contribution in [2.45, 2.75) is 31.8 Å². The number of benzene rings is 1. The molecule has 110 valence electrons. The molecule has 1 aliphatic carbocycles. The lowest BCUT2D eigenvalue weighted by Crippen LogP contribution is -2.36. The van der Waals surface area contributed by atoms with Crippen molar-refractivity contribution in [2.24, 2.45) is 0 Å². The summed E-state index contributed by atoms with van der Waals surface area (Å²) in [5, 5.41) is 9.69. The molecule has 0 aliphatic heterocycles. The third kappa shape index (κ3) is 3.58. The average Bonchev–Trinajstić information content (AvgIpc) is 2.46. The lowest BCUT2D eigenvalue weighted by molar-refractivity contribution is 0.0380. The SMILES string of the molecule is COCC(O)CN(C)C(=O)c1ccc2c(c1)CCCC2. The van der Waals surface area contributed by atoms with Crippen molar-refractivity contribution in [2.75, 3.05) is 27.3 Å². The van der Waals surface area contributed by atoms with Gasteiger partial charge in [-0.2, -0.15) is 0 Å². The zero-order valence-electron chi connectivity index (χ0n) is 12.3. The smallest absolute Gasteiger partial charge is 0.253 e. The quantitative estimate of drug-likeness (QED) is 0.890. The molecular formula is C16H23NO3. The summed E-state index contributed by atoms with van der Waals surface area (Å²) in [6, 6.07) is 5.98. The van der Waals surface area contributed by atoms with Gasteiger partial charge in [0.15, 0.2) is 0 Å². The molecule has 20 heavy (non-hydrogen) atoms. The number of hydrogen-bond acceptors (Lipinski definition) is 3. The summed E-state index contributed by atoms with van der Waals surface area (Å²) in [4.78, 5) is 13.9. The minimum Gasteiger partial charge on any atom is -0.389 e. The highest BCUT2D eigenvalue weighted by atomic mass is 16.5. The van der Waals surface area contributed by atoms with Crippen molar-refractivity contribution in [1.82, 2.24) is 4.90 Å². The van der Waals surface area contributed by atoms with Gasteiger partial charge in [-0.3, -0.25) is 4.79 Å². The highest BCUT2D eigenvalue weighted by Crippen LogP contribution is 2.22. The fourth-order valence-electron chi connectivity index (χ4n) is 2.73. The van der Waals surface area contributed by atoms with E-state index in [-0.39, 0.29) is 19.1 Å². The average molecular weight is 277 g/mol. The third-order valence-corrected chi connectivity index (χ3v) is 3.79. The zero-order chi connectivity index (χ0) is 14.5. The van der Waals surface area contributed by atoms with E-state index in [1.165, 1.54) is 31.1 Å². The molecule has 0 radical (unpaired) electrons. The molecule has 0 aromatic heterocycles. The van der Waals surface area contributed by atoms with E-state index in [9.17, 15) is 9.90 Å². The van der Waals surface area contributed by atoms with Crippen LogP contribution in [0.2, 0.25) is 0 Å². The number of aliphatic hydroxyl groups is 1. The molecule has 4 nitrogen and oxygen atoms in total. The van der Waals surface area contributed by atoms with Gasteiger partial charge in [-0.05, 0) is 48.9 Å². The fourth-order valence-corrected chi connectivity index (χ4v) is 2.73. The Labute approximate surface area is 120 Å². The maximum absolute atomic E-state index is 12.3. The van der Waals surface area contributed by atoms with Crippen LogP contribution < -0.4 is 0 Å². The van der Waals surface area contributed by atoms with E-state index in [0.29, 0.717) is 5.56 Å². The van der Waals surface area contributed by atoms with Crippen LogP contribution in [0.4, 0.5) is 0 Å². The van der Waals surface area contributed by atoms with E-state index in [2.05, 4.69) is 6.07 Å². The summed E-state index contributed by atoms with van der Waals surface area (Å²) in [5.41, 5.74) is 3.38. The van der Waals surface area contributed by atoms with Crippen LogP contribution in [0.5, 0.6) is 0 Å². The number of rotatable bonds is 5. The Kier molecular flexibility index (Phi) is 5.15. The summed E-state index contributed by atoms with van der Waals surface area (Å²) in [5.74, 6) is -0.0477. The van der Waals surface area contributed by atoms with Crippen LogP contribution >= 0.6 is 0 Å². The van der Waals surface area contributed by atoms with Crippen LogP contribution in [0.1, 0.15) is 34.3 Å². The van der Waals surface area contributed by atoms with Crippen LogP contribution in [0.3, 0.4) is 0 Å². The predicted molar refractivity (Wildman–Crippen MR) is 77.9 cm³/mol. The van der Waals surface area contributed by atoms with E-state index in [1.54, 1.807) is 11.9 Å². The third-order valence-electron chi connectivity index (χ3n) is 3.79. The largest absolute Gasteiger partial charge is 0.389 e. The normalized spacial score (nSPS) is 15.6. The molecule has 0 saturated carbocycles. The van der Waals surface area contributed by atoms with Crippen molar-refractivity contribution in [3.05, 3.63) is 34.9 Å². The fraction of sp³-hybridized carbons (Fsp3) is 0.562. The Balaban J connectivity index is 2.05. The van der Waals surface area contributed by atoms with Gasteiger partial charge in [-0.25, -0.2) is 0 Å². The molecule has 1 aromatic carbocycles. The highest BCUT2D eigenvalue weighted by molar-refractivity contribution is 5.94. The number of fused-ring (bicyclic) bond motifs is 1. The second-order valence-corrected chi connectivity index (χ2v) is 5.49. The zero-order valence-corrected chi connectivity index (χ0v) is 12.3. The van der Waals surface area contributed by atoms with Gasteiger partial charge in [0.1, 0.15) is 0 Å². The minimum absolute atomic E-state index is 0.0477. The predicted octanol–water partition coefficient (Wildman–Crippen LogP) is 1.64. The second kappa shape index (κ2) is 6.86. The Morgan fingerprint density at radius 1 is 1.35 bits per heavy atom. The van der Waals surface area contributed by atoms with Crippen molar-refractivity contribution < 1.29 is 14.6 Å². The Morgan fingerprint density at radius 2 is 2.05 bits per heavy atom. The van der Waals surface area contributed by atoms with E-state index in [1.807, 2.05) is 12.1 Å². The molecule has 2 rings (SSSR count). The molecule has 0 saturated heterocycles. The lowest BCUT2D eigenvalue weighted by Gasteiger charge is -2.22. The molecule has 4 heteroatoms. The number of ether oxygens (including phenoxy) is 1. The molecule has 0 heterocycles. The molecule has 1 amide bonds.